The summed E-state index contributed by atoms with van der Waals surface area (Å²) < 4.78 is 12.9. The van der Waals surface area contributed by atoms with Gasteiger partial charge >= 0.3 is 0 Å². The fraction of sp³-hybridized carbons (Fsp3) is 0.294. The normalized spacial score (nSPS) is 17.4. The third kappa shape index (κ3) is 3.22. The fourth-order valence-corrected chi connectivity index (χ4v) is 4.08. The minimum atomic E-state index is -0.168. The van der Waals surface area contributed by atoms with Crippen molar-refractivity contribution in [3.8, 4) is 0 Å². The van der Waals surface area contributed by atoms with Crippen LogP contribution in [0.1, 0.15) is 11.1 Å². The Morgan fingerprint density at radius 2 is 1.90 bits per heavy atom. The number of halogens is 1. The number of hydrogen-bond acceptors (Lipinski definition) is 2. The van der Waals surface area contributed by atoms with Crippen LogP contribution < -0.4 is 0 Å². The van der Waals surface area contributed by atoms with Crippen molar-refractivity contribution in [3.63, 3.8) is 0 Å². The Morgan fingerprint density at radius 3 is 2.65 bits per heavy atom. The largest absolute Gasteiger partial charge is 0.301 e. The standard InChI is InChI=1S/C17H18FNS/c1-19(11-13-6-8-15(18)9-7-13)12-16-10-14-4-2-3-5-17(14)20-16/h2-9,16H,10-12H2,1H3. The monoisotopic (exact) mass is 287 g/mol. The first-order valence-electron chi connectivity index (χ1n) is 6.88. The smallest absolute Gasteiger partial charge is 0.123 e. The number of fused-ring (bicyclic) bond motifs is 1. The van der Waals surface area contributed by atoms with E-state index >= 15 is 0 Å². The van der Waals surface area contributed by atoms with Crippen LogP contribution in [0.25, 0.3) is 0 Å². The molecule has 0 saturated carbocycles. The molecule has 3 rings (SSSR count). The highest BCUT2D eigenvalue weighted by molar-refractivity contribution is 8.00. The molecular formula is C17H18FNS. The first-order valence-corrected chi connectivity index (χ1v) is 7.76. The summed E-state index contributed by atoms with van der Waals surface area (Å²) in [6.07, 6.45) is 1.15. The van der Waals surface area contributed by atoms with Gasteiger partial charge in [0.25, 0.3) is 0 Å². The molecule has 0 spiro atoms. The predicted molar refractivity (Wildman–Crippen MR) is 82.5 cm³/mol. The van der Waals surface area contributed by atoms with Crippen LogP contribution in [0.4, 0.5) is 4.39 Å². The second-order valence-corrected chi connectivity index (χ2v) is 6.72. The van der Waals surface area contributed by atoms with Gasteiger partial charge in [0, 0.05) is 23.2 Å². The maximum Gasteiger partial charge on any atom is 0.123 e. The predicted octanol–water partition coefficient (Wildman–Crippen LogP) is 3.97. The van der Waals surface area contributed by atoms with Gasteiger partial charge in [0.1, 0.15) is 5.82 Å². The Kier molecular flexibility index (Phi) is 4.08. The van der Waals surface area contributed by atoms with E-state index in [9.17, 15) is 4.39 Å². The van der Waals surface area contributed by atoms with Gasteiger partial charge in [-0.25, -0.2) is 4.39 Å². The maximum absolute atomic E-state index is 12.9. The summed E-state index contributed by atoms with van der Waals surface area (Å²) in [5, 5.41) is 0.623. The van der Waals surface area contributed by atoms with E-state index in [4.69, 9.17) is 0 Å². The molecule has 20 heavy (non-hydrogen) atoms. The number of thioether (sulfide) groups is 1. The molecule has 1 unspecified atom stereocenters. The molecular weight excluding hydrogens is 269 g/mol. The molecule has 2 aromatic carbocycles. The summed E-state index contributed by atoms with van der Waals surface area (Å²) in [6.45, 7) is 1.92. The molecule has 1 aliphatic rings. The van der Waals surface area contributed by atoms with Gasteiger partial charge in [0.2, 0.25) is 0 Å². The van der Waals surface area contributed by atoms with E-state index in [0.717, 1.165) is 25.1 Å². The van der Waals surface area contributed by atoms with Gasteiger partial charge in [-0.1, -0.05) is 30.3 Å². The molecule has 0 fully saturated rings. The summed E-state index contributed by atoms with van der Waals surface area (Å²) >= 11 is 1.98. The lowest BCUT2D eigenvalue weighted by molar-refractivity contribution is 0.327. The summed E-state index contributed by atoms with van der Waals surface area (Å²) in [5.41, 5.74) is 2.63. The zero-order chi connectivity index (χ0) is 13.9. The van der Waals surface area contributed by atoms with E-state index in [1.807, 2.05) is 23.9 Å². The van der Waals surface area contributed by atoms with Crippen molar-refractivity contribution < 1.29 is 4.39 Å². The average Bonchev–Trinajstić information content (AvgIpc) is 2.83. The van der Waals surface area contributed by atoms with E-state index < -0.39 is 0 Å². The Labute approximate surface area is 123 Å². The second kappa shape index (κ2) is 5.98. The minimum absolute atomic E-state index is 0.168. The van der Waals surface area contributed by atoms with E-state index in [2.05, 4.69) is 36.2 Å². The van der Waals surface area contributed by atoms with Crippen LogP contribution in [0.3, 0.4) is 0 Å². The molecule has 1 aliphatic heterocycles. The Hall–Kier alpha value is -1.32. The molecule has 0 saturated heterocycles. The van der Waals surface area contributed by atoms with Crippen LogP contribution in [0.2, 0.25) is 0 Å². The Balaban J connectivity index is 1.55. The third-order valence-electron chi connectivity index (χ3n) is 3.59. The highest BCUT2D eigenvalue weighted by atomic mass is 32.2. The first-order chi connectivity index (χ1) is 9.70. The van der Waals surface area contributed by atoms with Gasteiger partial charge in [-0.05, 0) is 42.8 Å². The number of nitrogens with zero attached hydrogens (tertiary/aromatic N) is 1. The summed E-state index contributed by atoms with van der Waals surface area (Å²) in [4.78, 5) is 3.74. The van der Waals surface area contributed by atoms with Crippen LogP contribution in [-0.4, -0.2) is 23.7 Å². The first kappa shape index (κ1) is 13.7. The van der Waals surface area contributed by atoms with Crippen molar-refractivity contribution in [1.82, 2.24) is 4.90 Å². The molecule has 0 amide bonds. The fourth-order valence-electron chi connectivity index (χ4n) is 2.67. The van der Waals surface area contributed by atoms with E-state index in [-0.39, 0.29) is 5.82 Å². The van der Waals surface area contributed by atoms with Gasteiger partial charge in [0.15, 0.2) is 0 Å². The zero-order valence-electron chi connectivity index (χ0n) is 11.6. The van der Waals surface area contributed by atoms with Gasteiger partial charge in [-0.2, -0.15) is 0 Å². The maximum atomic E-state index is 12.9. The van der Waals surface area contributed by atoms with Crippen molar-refractivity contribution in [2.75, 3.05) is 13.6 Å². The summed E-state index contributed by atoms with van der Waals surface area (Å²) in [5.74, 6) is -0.168. The second-order valence-electron chi connectivity index (χ2n) is 5.37. The van der Waals surface area contributed by atoms with Crippen LogP contribution in [0, 0.1) is 5.82 Å². The molecule has 1 heterocycles. The lowest BCUT2D eigenvalue weighted by Gasteiger charge is -2.20. The SMILES string of the molecule is CN(Cc1ccc(F)cc1)CC1Cc2ccccc2S1. The van der Waals surface area contributed by atoms with Gasteiger partial charge in [-0.15, -0.1) is 11.8 Å². The molecule has 2 aromatic rings. The molecule has 3 heteroatoms. The lowest BCUT2D eigenvalue weighted by atomic mass is 10.1. The van der Waals surface area contributed by atoms with Crippen molar-refractivity contribution in [2.24, 2.45) is 0 Å². The van der Waals surface area contributed by atoms with Gasteiger partial charge in [0.05, 0.1) is 0 Å². The van der Waals surface area contributed by atoms with Gasteiger partial charge < -0.3 is 4.90 Å². The number of hydrogen-bond donors (Lipinski definition) is 0. The average molecular weight is 287 g/mol. The molecule has 104 valence electrons. The summed E-state index contributed by atoms with van der Waals surface area (Å²) in [6, 6.07) is 15.4. The van der Waals surface area contributed by atoms with E-state index in [1.165, 1.54) is 22.6 Å². The molecule has 0 aromatic heterocycles. The molecule has 0 N–H and O–H groups in total. The van der Waals surface area contributed by atoms with Gasteiger partial charge in [-0.3, -0.25) is 0 Å². The third-order valence-corrected chi connectivity index (χ3v) is 4.90. The van der Waals surface area contributed by atoms with Crippen LogP contribution >= 0.6 is 11.8 Å². The molecule has 0 radical (unpaired) electrons. The zero-order valence-corrected chi connectivity index (χ0v) is 12.4. The highest BCUT2D eigenvalue weighted by Gasteiger charge is 2.22. The van der Waals surface area contributed by atoms with Crippen LogP contribution in [0.15, 0.2) is 53.4 Å². The molecule has 1 atom stereocenters. The van der Waals surface area contributed by atoms with Crippen molar-refractivity contribution in [3.05, 3.63) is 65.5 Å². The van der Waals surface area contributed by atoms with Crippen molar-refractivity contribution in [2.45, 2.75) is 23.1 Å². The van der Waals surface area contributed by atoms with Crippen LogP contribution in [0.5, 0.6) is 0 Å². The topological polar surface area (TPSA) is 3.24 Å². The van der Waals surface area contributed by atoms with E-state index in [1.54, 1.807) is 0 Å². The molecule has 0 bridgehead atoms. The quantitative estimate of drug-likeness (QED) is 0.837. The lowest BCUT2D eigenvalue weighted by Crippen LogP contribution is -2.26. The van der Waals surface area contributed by atoms with Crippen molar-refractivity contribution >= 4 is 11.8 Å². The molecule has 0 aliphatic carbocycles. The summed E-state index contributed by atoms with van der Waals surface area (Å²) in [7, 11) is 2.13. The Morgan fingerprint density at radius 1 is 1.15 bits per heavy atom. The number of rotatable bonds is 4. The minimum Gasteiger partial charge on any atom is -0.301 e. The number of benzene rings is 2. The van der Waals surface area contributed by atoms with Crippen molar-refractivity contribution in [1.29, 1.82) is 0 Å². The molecule has 1 nitrogen and oxygen atoms in total. The van der Waals surface area contributed by atoms with Crippen LogP contribution in [-0.2, 0) is 13.0 Å². The van der Waals surface area contributed by atoms with E-state index in [0.29, 0.717) is 5.25 Å². The Bertz CT molecular complexity index is 557. The highest BCUT2D eigenvalue weighted by Crippen LogP contribution is 2.36.